The molecule has 1 aromatic carbocycles. The predicted octanol–water partition coefficient (Wildman–Crippen LogP) is 7.25. The van der Waals surface area contributed by atoms with Gasteiger partial charge in [0.05, 0.1) is 6.10 Å². The number of hydrogen-bond acceptors (Lipinski definition) is 2. The summed E-state index contributed by atoms with van der Waals surface area (Å²) in [4.78, 5) is 10.5. The second-order valence-corrected chi connectivity index (χ2v) is 7.42. The van der Waals surface area contributed by atoms with Gasteiger partial charge in [-0.15, -0.1) is 0 Å². The van der Waals surface area contributed by atoms with Crippen molar-refractivity contribution in [1.29, 1.82) is 0 Å². The predicted molar refractivity (Wildman–Crippen MR) is 114 cm³/mol. The topological polar surface area (TPSA) is 46.5 Å². The van der Waals surface area contributed by atoms with E-state index in [4.69, 9.17) is 9.84 Å². The Kier molecular flexibility index (Phi) is 13.2. The zero-order valence-corrected chi connectivity index (χ0v) is 17.1. The Labute approximate surface area is 165 Å². The van der Waals surface area contributed by atoms with E-state index in [0.717, 1.165) is 43.4 Å². The standard InChI is InChI=1S/C24H38O3/c1-3-5-6-11-14-22(27-23-19-17-21(4-2)18-20-23)15-12-9-7-8-10-13-16-24(25)26/h4,17-20,22H,2-3,5-16H2,1H3,(H,25,26). The summed E-state index contributed by atoms with van der Waals surface area (Å²) in [6, 6.07) is 8.18. The molecule has 3 nitrogen and oxygen atoms in total. The van der Waals surface area contributed by atoms with Crippen LogP contribution in [0, 0.1) is 0 Å². The lowest BCUT2D eigenvalue weighted by molar-refractivity contribution is -0.137. The number of hydrogen-bond donors (Lipinski definition) is 1. The SMILES string of the molecule is C=Cc1ccc(OC(CCCCCC)CCCCCCCCC(=O)O)cc1. The second kappa shape index (κ2) is 15.3. The number of carboxylic acid groups (broad SMARTS) is 1. The summed E-state index contributed by atoms with van der Waals surface area (Å²) in [5.74, 6) is 0.272. The normalized spacial score (nSPS) is 11.9. The van der Waals surface area contributed by atoms with Crippen LogP contribution in [0.15, 0.2) is 30.8 Å². The molecule has 1 aromatic rings. The number of carbonyl (C=O) groups is 1. The van der Waals surface area contributed by atoms with Crippen molar-refractivity contribution >= 4 is 12.0 Å². The van der Waals surface area contributed by atoms with Gasteiger partial charge in [0.25, 0.3) is 0 Å². The third-order valence-corrected chi connectivity index (χ3v) is 4.96. The molecular formula is C24H38O3. The molecule has 0 radical (unpaired) electrons. The van der Waals surface area contributed by atoms with Crippen molar-refractivity contribution in [3.63, 3.8) is 0 Å². The molecule has 152 valence electrons. The molecule has 3 heteroatoms. The molecule has 0 bridgehead atoms. The minimum absolute atomic E-state index is 0.295. The molecule has 27 heavy (non-hydrogen) atoms. The number of ether oxygens (including phenoxy) is 1. The van der Waals surface area contributed by atoms with E-state index in [9.17, 15) is 4.79 Å². The molecule has 0 saturated carbocycles. The first-order valence-corrected chi connectivity index (χ1v) is 10.8. The van der Waals surface area contributed by atoms with Gasteiger partial charge in [-0.3, -0.25) is 4.79 Å². The molecule has 0 fully saturated rings. The fourth-order valence-electron chi connectivity index (χ4n) is 3.29. The molecule has 1 atom stereocenters. The highest BCUT2D eigenvalue weighted by Crippen LogP contribution is 2.21. The molecule has 0 aliphatic carbocycles. The first kappa shape index (κ1) is 23.3. The van der Waals surface area contributed by atoms with Crippen molar-refractivity contribution in [2.45, 2.75) is 96.5 Å². The summed E-state index contributed by atoms with van der Waals surface area (Å²) in [7, 11) is 0. The Balaban J connectivity index is 2.30. The first-order chi connectivity index (χ1) is 13.2. The molecule has 0 aliphatic rings. The van der Waals surface area contributed by atoms with Crippen LogP contribution in [0.3, 0.4) is 0 Å². The molecular weight excluding hydrogens is 336 g/mol. The summed E-state index contributed by atoms with van der Waals surface area (Å²) < 4.78 is 6.27. The van der Waals surface area contributed by atoms with E-state index in [1.807, 2.05) is 30.3 Å². The zero-order chi connectivity index (χ0) is 19.7. The van der Waals surface area contributed by atoms with Gasteiger partial charge in [-0.25, -0.2) is 0 Å². The van der Waals surface area contributed by atoms with Crippen molar-refractivity contribution in [1.82, 2.24) is 0 Å². The molecule has 0 heterocycles. The average Bonchev–Trinajstić information content (AvgIpc) is 2.67. The van der Waals surface area contributed by atoms with Gasteiger partial charge >= 0.3 is 5.97 Å². The maximum absolute atomic E-state index is 10.5. The lowest BCUT2D eigenvalue weighted by Crippen LogP contribution is -2.16. The molecule has 0 aliphatic heterocycles. The van der Waals surface area contributed by atoms with Crippen molar-refractivity contribution in [2.75, 3.05) is 0 Å². The average molecular weight is 375 g/mol. The van der Waals surface area contributed by atoms with Gasteiger partial charge in [0, 0.05) is 6.42 Å². The minimum atomic E-state index is -0.681. The summed E-state index contributed by atoms with van der Waals surface area (Å²) in [6.07, 6.45) is 16.3. The summed E-state index contributed by atoms with van der Waals surface area (Å²) in [5, 5.41) is 8.65. The van der Waals surface area contributed by atoms with Crippen LogP contribution in [0.4, 0.5) is 0 Å². The number of aliphatic carboxylic acids is 1. The van der Waals surface area contributed by atoms with Crippen LogP contribution in [0.5, 0.6) is 5.75 Å². The monoisotopic (exact) mass is 374 g/mol. The van der Waals surface area contributed by atoms with E-state index in [1.165, 1.54) is 44.9 Å². The first-order valence-electron chi connectivity index (χ1n) is 10.8. The highest BCUT2D eigenvalue weighted by molar-refractivity contribution is 5.66. The third-order valence-electron chi connectivity index (χ3n) is 4.96. The fourth-order valence-corrected chi connectivity index (χ4v) is 3.29. The van der Waals surface area contributed by atoms with Crippen LogP contribution in [0.1, 0.15) is 96.0 Å². The van der Waals surface area contributed by atoms with Gasteiger partial charge in [0.15, 0.2) is 0 Å². The van der Waals surface area contributed by atoms with Crippen molar-refractivity contribution in [3.05, 3.63) is 36.4 Å². The van der Waals surface area contributed by atoms with Crippen LogP contribution in [-0.4, -0.2) is 17.2 Å². The van der Waals surface area contributed by atoms with Crippen LogP contribution in [0.2, 0.25) is 0 Å². The van der Waals surface area contributed by atoms with Gasteiger partial charge in [-0.1, -0.05) is 76.7 Å². The Morgan fingerprint density at radius 2 is 1.52 bits per heavy atom. The lowest BCUT2D eigenvalue weighted by Gasteiger charge is -2.19. The number of unbranched alkanes of at least 4 members (excludes halogenated alkanes) is 8. The molecule has 1 unspecified atom stereocenters. The summed E-state index contributed by atoms with van der Waals surface area (Å²) in [5.41, 5.74) is 1.12. The summed E-state index contributed by atoms with van der Waals surface area (Å²) in [6.45, 7) is 6.04. The fraction of sp³-hybridized carbons (Fsp3) is 0.625. The van der Waals surface area contributed by atoms with Crippen LogP contribution in [0.25, 0.3) is 6.08 Å². The number of benzene rings is 1. The van der Waals surface area contributed by atoms with Gasteiger partial charge < -0.3 is 9.84 Å². The van der Waals surface area contributed by atoms with Crippen LogP contribution >= 0.6 is 0 Å². The summed E-state index contributed by atoms with van der Waals surface area (Å²) >= 11 is 0. The largest absolute Gasteiger partial charge is 0.490 e. The molecule has 1 N–H and O–H groups in total. The highest BCUT2D eigenvalue weighted by atomic mass is 16.5. The van der Waals surface area contributed by atoms with E-state index >= 15 is 0 Å². The van der Waals surface area contributed by atoms with Gasteiger partial charge in [0.1, 0.15) is 5.75 Å². The van der Waals surface area contributed by atoms with E-state index in [-0.39, 0.29) is 0 Å². The van der Waals surface area contributed by atoms with Gasteiger partial charge in [-0.2, -0.15) is 0 Å². The van der Waals surface area contributed by atoms with E-state index in [0.29, 0.717) is 12.5 Å². The molecule has 0 saturated heterocycles. The Hall–Kier alpha value is -1.77. The van der Waals surface area contributed by atoms with Crippen LogP contribution in [-0.2, 0) is 4.79 Å². The highest BCUT2D eigenvalue weighted by Gasteiger charge is 2.10. The van der Waals surface area contributed by atoms with Gasteiger partial charge in [0.2, 0.25) is 0 Å². The third kappa shape index (κ3) is 12.3. The molecule has 0 spiro atoms. The van der Waals surface area contributed by atoms with Crippen molar-refractivity contribution in [3.8, 4) is 5.75 Å². The number of rotatable bonds is 17. The quantitative estimate of drug-likeness (QED) is 0.292. The van der Waals surface area contributed by atoms with Crippen LogP contribution < -0.4 is 4.74 Å². The molecule has 0 aromatic heterocycles. The van der Waals surface area contributed by atoms with Crippen molar-refractivity contribution < 1.29 is 14.6 Å². The smallest absolute Gasteiger partial charge is 0.303 e. The maximum atomic E-state index is 10.5. The van der Waals surface area contributed by atoms with Gasteiger partial charge in [-0.05, 0) is 49.8 Å². The second-order valence-electron chi connectivity index (χ2n) is 7.42. The number of carboxylic acids is 1. The Morgan fingerprint density at radius 1 is 0.963 bits per heavy atom. The van der Waals surface area contributed by atoms with Crippen molar-refractivity contribution in [2.24, 2.45) is 0 Å². The van der Waals surface area contributed by atoms with E-state index in [1.54, 1.807) is 0 Å². The van der Waals surface area contributed by atoms with E-state index < -0.39 is 5.97 Å². The maximum Gasteiger partial charge on any atom is 0.303 e. The lowest BCUT2D eigenvalue weighted by atomic mass is 10.0. The molecule has 1 rings (SSSR count). The Bertz CT molecular complexity index is 507. The minimum Gasteiger partial charge on any atom is -0.490 e. The Morgan fingerprint density at radius 3 is 2.07 bits per heavy atom. The van der Waals surface area contributed by atoms with E-state index in [2.05, 4.69) is 13.5 Å². The molecule has 0 amide bonds. The zero-order valence-electron chi connectivity index (χ0n) is 17.1.